The van der Waals surface area contributed by atoms with Crippen LogP contribution in [0.2, 0.25) is 0 Å². The van der Waals surface area contributed by atoms with Gasteiger partial charge in [0.15, 0.2) is 11.6 Å². The third kappa shape index (κ3) is 9.10. The van der Waals surface area contributed by atoms with Crippen molar-refractivity contribution >= 4 is 27.5 Å². The fourth-order valence-electron chi connectivity index (χ4n) is 3.99. The van der Waals surface area contributed by atoms with E-state index in [0.29, 0.717) is 13.0 Å². The molecule has 7 nitrogen and oxygen atoms in total. The molecule has 0 spiro atoms. The van der Waals surface area contributed by atoms with Gasteiger partial charge in [0, 0.05) is 32.1 Å². The molecule has 10 heteroatoms. The van der Waals surface area contributed by atoms with Crippen molar-refractivity contribution in [2.24, 2.45) is 5.92 Å². The molecule has 0 heterocycles. The van der Waals surface area contributed by atoms with Gasteiger partial charge >= 0.3 is 0 Å². The van der Waals surface area contributed by atoms with Gasteiger partial charge in [-0.05, 0) is 43.4 Å². The van der Waals surface area contributed by atoms with E-state index < -0.39 is 27.7 Å². The van der Waals surface area contributed by atoms with Crippen LogP contribution in [0.15, 0.2) is 42.5 Å². The summed E-state index contributed by atoms with van der Waals surface area (Å²) in [5.41, 5.74) is 1.88. The van der Waals surface area contributed by atoms with Crippen molar-refractivity contribution < 1.29 is 26.8 Å². The molecule has 1 N–H and O–H groups in total. The molecule has 2 aromatic rings. The van der Waals surface area contributed by atoms with Crippen LogP contribution in [-0.4, -0.2) is 50.5 Å². The highest BCUT2D eigenvalue weighted by atomic mass is 32.2. The zero-order valence-electron chi connectivity index (χ0n) is 22.1. The van der Waals surface area contributed by atoms with E-state index in [1.54, 1.807) is 0 Å². The highest BCUT2D eigenvalue weighted by Gasteiger charge is 2.29. The standard InChI is InChI=1S/C27H37F2N3O4S/c1-6-25(27(34)30-17-19(2)3)31(18-21-10-7-9-20(4)15-21)26(33)11-8-14-32(37(5,35)36)22-12-13-23(28)24(29)16-22/h7,9-10,12-13,15-16,19,25H,6,8,11,14,17-18H2,1-5H3,(H,30,34)/t25-/m0/s1. The lowest BCUT2D eigenvalue weighted by Crippen LogP contribution is -2.49. The van der Waals surface area contributed by atoms with E-state index in [-0.39, 0.29) is 49.4 Å². The second-order valence-electron chi connectivity index (χ2n) is 9.61. The molecule has 0 aliphatic heterocycles. The van der Waals surface area contributed by atoms with Crippen molar-refractivity contribution in [3.05, 3.63) is 65.2 Å². The lowest BCUT2D eigenvalue weighted by molar-refractivity contribution is -0.141. The smallest absolute Gasteiger partial charge is 0.242 e. The topological polar surface area (TPSA) is 86.8 Å². The van der Waals surface area contributed by atoms with Crippen LogP contribution in [0.3, 0.4) is 0 Å². The lowest BCUT2D eigenvalue weighted by atomic mass is 10.1. The number of carbonyl (C=O) groups excluding carboxylic acids is 2. The fourth-order valence-corrected chi connectivity index (χ4v) is 4.95. The molecule has 1 atom stereocenters. The van der Waals surface area contributed by atoms with Gasteiger partial charge in [-0.3, -0.25) is 13.9 Å². The van der Waals surface area contributed by atoms with Crippen molar-refractivity contribution in [1.82, 2.24) is 10.2 Å². The predicted molar refractivity (Wildman–Crippen MR) is 141 cm³/mol. The largest absolute Gasteiger partial charge is 0.354 e. The number of sulfonamides is 1. The van der Waals surface area contributed by atoms with Crippen molar-refractivity contribution in [3.63, 3.8) is 0 Å². The molecule has 0 fully saturated rings. The highest BCUT2D eigenvalue weighted by Crippen LogP contribution is 2.22. The summed E-state index contributed by atoms with van der Waals surface area (Å²) in [7, 11) is -3.81. The minimum absolute atomic E-state index is 0.0232. The van der Waals surface area contributed by atoms with Gasteiger partial charge in [-0.1, -0.05) is 50.6 Å². The van der Waals surface area contributed by atoms with Gasteiger partial charge in [0.05, 0.1) is 11.9 Å². The number of rotatable bonds is 13. The third-order valence-corrected chi connectivity index (χ3v) is 7.04. The minimum atomic E-state index is -3.81. The van der Waals surface area contributed by atoms with Crippen molar-refractivity contribution in [3.8, 4) is 0 Å². The summed E-state index contributed by atoms with van der Waals surface area (Å²) in [6.07, 6.45) is 1.47. The molecule has 2 aromatic carbocycles. The van der Waals surface area contributed by atoms with Crippen LogP contribution in [0.4, 0.5) is 14.5 Å². The maximum atomic E-state index is 13.7. The molecule has 0 bridgehead atoms. The van der Waals surface area contributed by atoms with Crippen LogP contribution in [0.25, 0.3) is 0 Å². The molecule has 0 aromatic heterocycles. The monoisotopic (exact) mass is 537 g/mol. The summed E-state index contributed by atoms with van der Waals surface area (Å²) in [6.45, 7) is 8.36. The Morgan fingerprint density at radius 2 is 1.76 bits per heavy atom. The highest BCUT2D eigenvalue weighted by molar-refractivity contribution is 7.92. The Balaban J connectivity index is 2.23. The van der Waals surface area contributed by atoms with Gasteiger partial charge in [-0.15, -0.1) is 0 Å². The average molecular weight is 538 g/mol. The van der Waals surface area contributed by atoms with Crippen molar-refractivity contribution in [2.45, 2.75) is 59.5 Å². The van der Waals surface area contributed by atoms with Gasteiger partial charge in [-0.25, -0.2) is 17.2 Å². The van der Waals surface area contributed by atoms with Crippen LogP contribution >= 0.6 is 0 Å². The van der Waals surface area contributed by atoms with Crippen molar-refractivity contribution in [2.75, 3.05) is 23.7 Å². The van der Waals surface area contributed by atoms with Crippen LogP contribution in [0.5, 0.6) is 0 Å². The SMILES string of the molecule is CC[C@@H](C(=O)NCC(C)C)N(Cc1cccc(C)c1)C(=O)CCCN(c1ccc(F)c(F)c1)S(C)(=O)=O. The van der Waals surface area contributed by atoms with Gasteiger partial charge in [0.25, 0.3) is 0 Å². The summed E-state index contributed by atoms with van der Waals surface area (Å²) >= 11 is 0. The molecular weight excluding hydrogens is 500 g/mol. The lowest BCUT2D eigenvalue weighted by Gasteiger charge is -2.31. The predicted octanol–water partition coefficient (Wildman–Crippen LogP) is 4.40. The first kappa shape index (κ1) is 30.2. The Morgan fingerprint density at radius 3 is 2.32 bits per heavy atom. The molecule has 204 valence electrons. The van der Waals surface area contributed by atoms with E-state index in [1.165, 1.54) is 11.0 Å². The fraction of sp³-hybridized carbons (Fsp3) is 0.481. The summed E-state index contributed by atoms with van der Waals surface area (Å²) < 4.78 is 52.7. The molecule has 0 saturated carbocycles. The van der Waals surface area contributed by atoms with Gasteiger partial charge in [-0.2, -0.15) is 0 Å². The number of aryl methyl sites for hydroxylation is 1. The number of benzene rings is 2. The molecule has 2 rings (SSSR count). The first-order chi connectivity index (χ1) is 17.3. The number of nitrogens with one attached hydrogen (secondary N) is 1. The van der Waals surface area contributed by atoms with Crippen LogP contribution < -0.4 is 9.62 Å². The summed E-state index contributed by atoms with van der Waals surface area (Å²) in [5.74, 6) is -2.53. The molecular formula is C27H37F2N3O4S. The Hall–Kier alpha value is -3.01. The Kier molecular flexibility index (Phi) is 11.0. The normalized spacial score (nSPS) is 12.3. The zero-order chi connectivity index (χ0) is 27.8. The number of carbonyl (C=O) groups is 2. The summed E-state index contributed by atoms with van der Waals surface area (Å²) in [4.78, 5) is 27.9. The van der Waals surface area contributed by atoms with Crippen LogP contribution in [0, 0.1) is 24.5 Å². The maximum absolute atomic E-state index is 13.7. The zero-order valence-corrected chi connectivity index (χ0v) is 22.9. The third-order valence-electron chi connectivity index (χ3n) is 5.85. The van der Waals surface area contributed by atoms with Gasteiger partial charge < -0.3 is 10.2 Å². The quantitative estimate of drug-likeness (QED) is 0.410. The van der Waals surface area contributed by atoms with E-state index in [0.717, 1.165) is 33.8 Å². The number of hydrogen-bond donors (Lipinski definition) is 1. The Bertz CT molecular complexity index is 1190. The van der Waals surface area contributed by atoms with Gasteiger partial charge in [0.2, 0.25) is 21.8 Å². The second kappa shape index (κ2) is 13.5. The molecule has 0 aliphatic rings. The Labute approximate surface area is 218 Å². The van der Waals surface area contributed by atoms with Gasteiger partial charge in [0.1, 0.15) is 6.04 Å². The Morgan fingerprint density at radius 1 is 1.05 bits per heavy atom. The molecule has 0 unspecified atom stereocenters. The van der Waals surface area contributed by atoms with E-state index in [9.17, 15) is 26.8 Å². The molecule has 37 heavy (non-hydrogen) atoms. The number of nitrogens with zero attached hydrogens (tertiary/aromatic N) is 2. The number of amides is 2. The number of anilines is 1. The van der Waals surface area contributed by atoms with E-state index in [1.807, 2.05) is 52.0 Å². The van der Waals surface area contributed by atoms with Crippen molar-refractivity contribution in [1.29, 1.82) is 0 Å². The van der Waals surface area contributed by atoms with Crippen LogP contribution in [0.1, 0.15) is 51.2 Å². The molecule has 0 aliphatic carbocycles. The molecule has 0 saturated heterocycles. The first-order valence-corrected chi connectivity index (χ1v) is 14.2. The van der Waals surface area contributed by atoms with E-state index in [4.69, 9.17) is 0 Å². The first-order valence-electron chi connectivity index (χ1n) is 12.4. The molecule has 0 radical (unpaired) electrons. The van der Waals surface area contributed by atoms with Crippen LogP contribution in [-0.2, 0) is 26.2 Å². The van der Waals surface area contributed by atoms with E-state index in [2.05, 4.69) is 5.32 Å². The number of hydrogen-bond acceptors (Lipinski definition) is 4. The minimum Gasteiger partial charge on any atom is -0.354 e. The summed E-state index contributed by atoms with van der Waals surface area (Å²) in [5, 5.41) is 2.90. The summed E-state index contributed by atoms with van der Waals surface area (Å²) in [6, 6.07) is 9.84. The average Bonchev–Trinajstić information content (AvgIpc) is 2.81. The maximum Gasteiger partial charge on any atom is 0.242 e. The second-order valence-corrected chi connectivity index (χ2v) is 11.5. The number of halogens is 2. The molecule has 2 amide bonds. The van der Waals surface area contributed by atoms with E-state index >= 15 is 0 Å².